The van der Waals surface area contributed by atoms with Gasteiger partial charge in [-0.2, -0.15) is 0 Å². The number of nitrogens with zero attached hydrogens (tertiary/aromatic N) is 2. The lowest BCUT2D eigenvalue weighted by molar-refractivity contribution is 0.0512. The summed E-state index contributed by atoms with van der Waals surface area (Å²) >= 11 is 0. The van der Waals surface area contributed by atoms with Crippen LogP contribution in [0, 0.1) is 13.8 Å². The number of ketones is 1. The molecule has 34 heavy (non-hydrogen) atoms. The fraction of sp³-hybridized carbons (Fsp3) is 0.500. The van der Waals surface area contributed by atoms with Gasteiger partial charge in [0.2, 0.25) is 0 Å². The predicted molar refractivity (Wildman–Crippen MR) is 130 cm³/mol. The van der Waals surface area contributed by atoms with Crippen molar-refractivity contribution < 1.29 is 28.6 Å². The number of Topliss-reactive ketones (excluding diaryl/α,β-unsaturated/α-hetero) is 1. The van der Waals surface area contributed by atoms with Crippen molar-refractivity contribution in [2.75, 3.05) is 40.0 Å². The minimum atomic E-state index is -0.452. The molecular weight excluding hydrogens is 436 g/mol. The number of aromatic nitrogens is 1. The highest BCUT2D eigenvalue weighted by molar-refractivity contribution is 6.06. The van der Waals surface area contributed by atoms with Gasteiger partial charge in [-0.1, -0.05) is 0 Å². The van der Waals surface area contributed by atoms with Crippen LogP contribution in [0.25, 0.3) is 0 Å². The lowest BCUT2D eigenvalue weighted by Gasteiger charge is -2.22. The molecule has 0 unspecified atom stereocenters. The Morgan fingerprint density at radius 1 is 1.00 bits per heavy atom. The first-order chi connectivity index (χ1) is 16.3. The van der Waals surface area contributed by atoms with Crippen molar-refractivity contribution in [1.29, 1.82) is 0 Å². The first kappa shape index (κ1) is 27.1. The molecule has 1 aromatic heterocycles. The molecule has 2 rings (SSSR count). The molecule has 0 saturated carbocycles. The highest BCUT2D eigenvalue weighted by atomic mass is 16.5. The molecule has 0 fully saturated rings. The second-order valence-corrected chi connectivity index (χ2v) is 7.83. The molecule has 0 saturated heterocycles. The lowest BCUT2D eigenvalue weighted by Crippen LogP contribution is -2.37. The summed E-state index contributed by atoms with van der Waals surface area (Å²) in [6.07, 6.45) is 0.602. The maximum Gasteiger partial charge on any atom is 0.355 e. The van der Waals surface area contributed by atoms with E-state index in [2.05, 4.69) is 0 Å². The minimum Gasteiger partial charge on any atom is -0.497 e. The molecule has 0 N–H and O–H groups in total. The second-order valence-electron chi connectivity index (χ2n) is 7.83. The first-order valence-corrected chi connectivity index (χ1v) is 11.7. The first-order valence-electron chi connectivity index (χ1n) is 11.7. The quantitative estimate of drug-likeness (QED) is 0.248. The standard InChI is InChI=1S/C26H36N2O6/c1-7-28-19(5)23(18(4)24(28)26(31)34-9-3)22(29)17-27(15-10-16-33-8-2)25(30)20-11-13-21(32-6)14-12-20/h11-14H,7-10,15-17H2,1-6H3. The highest BCUT2D eigenvalue weighted by Gasteiger charge is 2.28. The van der Waals surface area contributed by atoms with E-state index in [4.69, 9.17) is 14.2 Å². The molecule has 2 aromatic rings. The number of carbonyl (C=O) groups excluding carboxylic acids is 3. The molecule has 0 spiro atoms. The number of rotatable bonds is 13. The van der Waals surface area contributed by atoms with Gasteiger partial charge in [0.15, 0.2) is 5.78 Å². The molecule has 8 nitrogen and oxygen atoms in total. The van der Waals surface area contributed by atoms with Crippen LogP contribution in [-0.4, -0.2) is 67.1 Å². The predicted octanol–water partition coefficient (Wildman–Crippen LogP) is 4.06. The van der Waals surface area contributed by atoms with E-state index in [1.807, 2.05) is 20.8 Å². The van der Waals surface area contributed by atoms with Crippen LogP contribution in [0.4, 0.5) is 0 Å². The van der Waals surface area contributed by atoms with Gasteiger partial charge in [-0.05, 0) is 70.9 Å². The van der Waals surface area contributed by atoms with Crippen LogP contribution in [-0.2, 0) is 16.0 Å². The summed E-state index contributed by atoms with van der Waals surface area (Å²) in [7, 11) is 1.56. The largest absolute Gasteiger partial charge is 0.497 e. The van der Waals surface area contributed by atoms with Crippen LogP contribution in [0.3, 0.4) is 0 Å². The summed E-state index contributed by atoms with van der Waals surface area (Å²) in [5, 5.41) is 0. The van der Waals surface area contributed by atoms with Crippen molar-refractivity contribution in [1.82, 2.24) is 9.47 Å². The van der Waals surface area contributed by atoms with Gasteiger partial charge < -0.3 is 23.7 Å². The Labute approximate surface area is 201 Å². The van der Waals surface area contributed by atoms with Crippen LogP contribution in [0.5, 0.6) is 5.75 Å². The van der Waals surface area contributed by atoms with E-state index in [9.17, 15) is 14.4 Å². The van der Waals surface area contributed by atoms with Crippen molar-refractivity contribution in [2.45, 2.75) is 47.6 Å². The maximum atomic E-state index is 13.5. The zero-order chi connectivity index (χ0) is 25.3. The normalized spacial score (nSPS) is 10.8. The fourth-order valence-electron chi connectivity index (χ4n) is 4.09. The summed E-state index contributed by atoms with van der Waals surface area (Å²) in [6, 6.07) is 6.80. The highest BCUT2D eigenvalue weighted by Crippen LogP contribution is 2.24. The van der Waals surface area contributed by atoms with Crippen molar-refractivity contribution >= 4 is 17.7 Å². The molecule has 0 atom stereocenters. The second kappa shape index (κ2) is 12.9. The van der Waals surface area contributed by atoms with E-state index < -0.39 is 5.97 Å². The molecule has 0 radical (unpaired) electrons. The van der Waals surface area contributed by atoms with Crippen molar-refractivity contribution in [2.24, 2.45) is 0 Å². The molecule has 0 bridgehead atoms. The molecule has 1 aromatic carbocycles. The van der Waals surface area contributed by atoms with Gasteiger partial charge in [0.25, 0.3) is 5.91 Å². The van der Waals surface area contributed by atoms with Crippen molar-refractivity contribution in [3.8, 4) is 5.75 Å². The van der Waals surface area contributed by atoms with E-state index >= 15 is 0 Å². The zero-order valence-electron chi connectivity index (χ0n) is 21.1. The van der Waals surface area contributed by atoms with Crippen molar-refractivity contribution in [3.05, 3.63) is 52.3 Å². The summed E-state index contributed by atoms with van der Waals surface area (Å²) < 4.78 is 17.6. The van der Waals surface area contributed by atoms with Crippen molar-refractivity contribution in [3.63, 3.8) is 0 Å². The third-order valence-corrected chi connectivity index (χ3v) is 5.71. The topological polar surface area (TPSA) is 87.1 Å². The Morgan fingerprint density at radius 3 is 2.24 bits per heavy atom. The lowest BCUT2D eigenvalue weighted by atomic mass is 10.0. The Hall–Kier alpha value is -3.13. The number of methoxy groups -OCH3 is 1. The average molecular weight is 473 g/mol. The minimum absolute atomic E-state index is 0.103. The number of hydrogen-bond donors (Lipinski definition) is 0. The van der Waals surface area contributed by atoms with Crippen LogP contribution in [0.15, 0.2) is 24.3 Å². The molecular formula is C26H36N2O6. The average Bonchev–Trinajstić information content (AvgIpc) is 3.09. The van der Waals surface area contributed by atoms with Gasteiger partial charge in [-0.25, -0.2) is 4.79 Å². The Kier molecular flexibility index (Phi) is 10.3. The number of ether oxygens (including phenoxy) is 3. The fourth-order valence-corrected chi connectivity index (χ4v) is 4.09. The van der Waals surface area contributed by atoms with E-state index in [1.165, 1.54) is 4.90 Å². The Morgan fingerprint density at radius 2 is 1.68 bits per heavy atom. The van der Waals surface area contributed by atoms with E-state index in [0.29, 0.717) is 66.6 Å². The maximum absolute atomic E-state index is 13.5. The molecule has 8 heteroatoms. The van der Waals surface area contributed by atoms with Gasteiger partial charge in [-0.15, -0.1) is 0 Å². The van der Waals surface area contributed by atoms with E-state index in [-0.39, 0.29) is 24.8 Å². The summed E-state index contributed by atoms with van der Waals surface area (Å²) in [5.41, 5.74) is 2.58. The van der Waals surface area contributed by atoms with Gasteiger partial charge in [0.05, 0.1) is 20.3 Å². The third-order valence-electron chi connectivity index (χ3n) is 5.71. The molecule has 1 heterocycles. The van der Waals surface area contributed by atoms with Gasteiger partial charge in [0.1, 0.15) is 11.4 Å². The number of hydrogen-bond acceptors (Lipinski definition) is 6. The van der Waals surface area contributed by atoms with Crippen LogP contribution >= 0.6 is 0 Å². The molecule has 0 aliphatic heterocycles. The smallest absolute Gasteiger partial charge is 0.355 e. The molecule has 186 valence electrons. The summed E-state index contributed by atoms with van der Waals surface area (Å²) in [4.78, 5) is 40.9. The number of amides is 1. The number of benzene rings is 1. The van der Waals surface area contributed by atoms with Gasteiger partial charge in [0, 0.05) is 43.1 Å². The van der Waals surface area contributed by atoms with E-state index in [0.717, 1.165) is 0 Å². The van der Waals surface area contributed by atoms with Crippen LogP contribution < -0.4 is 4.74 Å². The zero-order valence-corrected chi connectivity index (χ0v) is 21.1. The van der Waals surface area contributed by atoms with Crippen LogP contribution in [0.1, 0.15) is 69.7 Å². The molecule has 1 amide bonds. The van der Waals surface area contributed by atoms with E-state index in [1.54, 1.807) is 49.8 Å². The van der Waals surface area contributed by atoms with Gasteiger partial charge >= 0.3 is 5.97 Å². The summed E-state index contributed by atoms with van der Waals surface area (Å²) in [6.45, 7) is 11.3. The third kappa shape index (κ3) is 6.26. The Balaban J connectivity index is 2.35. The SMILES string of the molecule is CCOCCCN(CC(=O)c1c(C)c(C(=O)OCC)n(CC)c1C)C(=O)c1ccc(OC)cc1. The molecule has 0 aliphatic rings. The Bertz CT molecular complexity index is 994. The molecule has 0 aliphatic carbocycles. The van der Waals surface area contributed by atoms with Crippen LogP contribution in [0.2, 0.25) is 0 Å². The number of esters is 1. The van der Waals surface area contributed by atoms with Gasteiger partial charge in [-0.3, -0.25) is 9.59 Å². The summed E-state index contributed by atoms with van der Waals surface area (Å²) in [5.74, 6) is -0.268. The number of carbonyl (C=O) groups is 3. The monoisotopic (exact) mass is 472 g/mol.